The van der Waals surface area contributed by atoms with E-state index >= 15 is 0 Å². The number of amides is 1. The van der Waals surface area contributed by atoms with Gasteiger partial charge >= 0.3 is 0 Å². The quantitative estimate of drug-likeness (QED) is 0.718. The number of carbonyl (C=O) groups excluding carboxylic acids is 1. The van der Waals surface area contributed by atoms with Gasteiger partial charge in [-0.05, 0) is 55.3 Å². The van der Waals surface area contributed by atoms with Crippen LogP contribution in [-0.4, -0.2) is 31.7 Å². The van der Waals surface area contributed by atoms with Crippen molar-refractivity contribution in [2.75, 3.05) is 18.4 Å². The van der Waals surface area contributed by atoms with Crippen molar-refractivity contribution in [3.63, 3.8) is 0 Å². The number of nitrogens with one attached hydrogen (secondary N) is 1. The van der Waals surface area contributed by atoms with Gasteiger partial charge in [-0.1, -0.05) is 27.5 Å². The number of rotatable bonds is 4. The Morgan fingerprint density at radius 3 is 2.59 bits per heavy atom. The molecular formula is C18H17BrClFN2O3S. The highest BCUT2D eigenvalue weighted by molar-refractivity contribution is 9.10. The second kappa shape index (κ2) is 8.26. The van der Waals surface area contributed by atoms with E-state index in [1.54, 1.807) is 18.2 Å². The van der Waals surface area contributed by atoms with Gasteiger partial charge in [0.1, 0.15) is 5.82 Å². The van der Waals surface area contributed by atoms with E-state index in [0.29, 0.717) is 30.1 Å². The number of halogens is 3. The monoisotopic (exact) mass is 474 g/mol. The third-order valence-corrected chi connectivity index (χ3v) is 7.08. The van der Waals surface area contributed by atoms with Crippen LogP contribution in [0.1, 0.15) is 12.8 Å². The molecule has 1 aliphatic heterocycles. The molecule has 144 valence electrons. The van der Waals surface area contributed by atoms with Gasteiger partial charge in [0, 0.05) is 17.6 Å². The lowest BCUT2D eigenvalue weighted by Crippen LogP contribution is -2.43. The second-order valence-corrected chi connectivity index (χ2v) is 9.53. The molecular weight excluding hydrogens is 459 g/mol. The minimum atomic E-state index is -3.78. The molecule has 1 atom stereocenters. The van der Waals surface area contributed by atoms with E-state index < -0.39 is 21.8 Å². The van der Waals surface area contributed by atoms with Crippen LogP contribution in [-0.2, 0) is 14.8 Å². The molecule has 1 N–H and O–H groups in total. The number of piperidine rings is 1. The van der Waals surface area contributed by atoms with E-state index in [1.165, 1.54) is 16.4 Å². The summed E-state index contributed by atoms with van der Waals surface area (Å²) in [5, 5.41) is 3.16. The third kappa shape index (κ3) is 4.68. The van der Waals surface area contributed by atoms with Gasteiger partial charge in [-0.3, -0.25) is 4.79 Å². The Kier molecular flexibility index (Phi) is 6.20. The Hall–Kier alpha value is -1.48. The zero-order valence-electron chi connectivity index (χ0n) is 14.2. The van der Waals surface area contributed by atoms with Gasteiger partial charge in [0.05, 0.1) is 21.5 Å². The van der Waals surface area contributed by atoms with Gasteiger partial charge in [0.2, 0.25) is 15.9 Å². The van der Waals surface area contributed by atoms with Crippen LogP contribution in [0.25, 0.3) is 0 Å². The standard InChI is InChI=1S/C18H17BrClFN2O3S/c19-13-3-8-17(16(20)10-13)22-18(24)12-2-1-9-23(11-12)27(25,26)15-6-4-14(21)5-7-15/h3-8,10,12H,1-2,9,11H2,(H,22,24). The second-order valence-electron chi connectivity index (χ2n) is 6.27. The Balaban J connectivity index is 1.73. The Morgan fingerprint density at radius 2 is 1.93 bits per heavy atom. The van der Waals surface area contributed by atoms with E-state index in [-0.39, 0.29) is 17.3 Å². The zero-order chi connectivity index (χ0) is 19.6. The van der Waals surface area contributed by atoms with Gasteiger partial charge in [-0.25, -0.2) is 12.8 Å². The van der Waals surface area contributed by atoms with Crippen molar-refractivity contribution in [1.29, 1.82) is 0 Å². The average Bonchev–Trinajstić information content (AvgIpc) is 2.64. The normalized spacial score (nSPS) is 18.3. The molecule has 1 unspecified atom stereocenters. The minimum absolute atomic E-state index is 0.0147. The fraction of sp³-hybridized carbons (Fsp3) is 0.278. The van der Waals surface area contributed by atoms with Crippen LogP contribution in [0.2, 0.25) is 5.02 Å². The number of sulfonamides is 1. The van der Waals surface area contributed by atoms with Crippen LogP contribution in [0, 0.1) is 11.7 Å². The highest BCUT2D eigenvalue weighted by Gasteiger charge is 2.33. The van der Waals surface area contributed by atoms with Crippen molar-refractivity contribution in [3.8, 4) is 0 Å². The number of benzene rings is 2. The largest absolute Gasteiger partial charge is 0.324 e. The maximum atomic E-state index is 13.1. The summed E-state index contributed by atoms with van der Waals surface area (Å²) in [4.78, 5) is 12.6. The molecule has 1 heterocycles. The predicted octanol–water partition coefficient (Wildman–Crippen LogP) is 4.28. The lowest BCUT2D eigenvalue weighted by Gasteiger charge is -2.31. The van der Waals surface area contributed by atoms with E-state index in [2.05, 4.69) is 21.2 Å². The smallest absolute Gasteiger partial charge is 0.243 e. The molecule has 0 radical (unpaired) electrons. The molecule has 1 saturated heterocycles. The number of hydrogen-bond acceptors (Lipinski definition) is 3. The number of nitrogens with zero attached hydrogens (tertiary/aromatic N) is 1. The van der Waals surface area contributed by atoms with E-state index in [9.17, 15) is 17.6 Å². The summed E-state index contributed by atoms with van der Waals surface area (Å²) in [6.45, 7) is 0.391. The van der Waals surface area contributed by atoms with E-state index in [1.807, 2.05) is 0 Å². The van der Waals surface area contributed by atoms with Gasteiger partial charge in [0.15, 0.2) is 0 Å². The first kappa shape index (κ1) is 20.3. The van der Waals surface area contributed by atoms with Crippen LogP contribution in [0.3, 0.4) is 0 Å². The summed E-state index contributed by atoms with van der Waals surface area (Å²) >= 11 is 9.43. The Labute approximate surface area is 170 Å². The predicted molar refractivity (Wildman–Crippen MR) is 106 cm³/mol. The number of carbonyl (C=O) groups is 1. The summed E-state index contributed by atoms with van der Waals surface area (Å²) in [5.74, 6) is -1.27. The highest BCUT2D eigenvalue weighted by atomic mass is 79.9. The maximum Gasteiger partial charge on any atom is 0.243 e. The summed E-state index contributed by atoms with van der Waals surface area (Å²) < 4.78 is 40.7. The van der Waals surface area contributed by atoms with Crippen molar-refractivity contribution in [1.82, 2.24) is 4.31 Å². The van der Waals surface area contributed by atoms with Gasteiger partial charge < -0.3 is 5.32 Å². The Morgan fingerprint density at radius 1 is 1.22 bits per heavy atom. The highest BCUT2D eigenvalue weighted by Crippen LogP contribution is 2.28. The van der Waals surface area contributed by atoms with Crippen molar-refractivity contribution in [2.45, 2.75) is 17.7 Å². The molecule has 0 aliphatic carbocycles. The minimum Gasteiger partial charge on any atom is -0.324 e. The molecule has 1 amide bonds. The van der Waals surface area contributed by atoms with Crippen LogP contribution in [0.4, 0.5) is 10.1 Å². The molecule has 27 heavy (non-hydrogen) atoms. The first-order valence-corrected chi connectivity index (χ1v) is 10.9. The molecule has 0 spiro atoms. The summed E-state index contributed by atoms with van der Waals surface area (Å²) in [7, 11) is -3.78. The van der Waals surface area contributed by atoms with Crippen LogP contribution < -0.4 is 5.32 Å². The Bertz CT molecular complexity index is 954. The number of hydrogen-bond donors (Lipinski definition) is 1. The average molecular weight is 476 g/mol. The molecule has 0 saturated carbocycles. The first-order chi connectivity index (χ1) is 12.8. The number of anilines is 1. The van der Waals surface area contributed by atoms with Crippen molar-refractivity contribution in [2.24, 2.45) is 5.92 Å². The molecule has 5 nitrogen and oxygen atoms in total. The molecule has 1 aliphatic rings. The van der Waals surface area contributed by atoms with Gasteiger partial charge in [-0.15, -0.1) is 0 Å². The van der Waals surface area contributed by atoms with Crippen molar-refractivity contribution < 1.29 is 17.6 Å². The zero-order valence-corrected chi connectivity index (χ0v) is 17.3. The lowest BCUT2D eigenvalue weighted by atomic mass is 9.99. The topological polar surface area (TPSA) is 66.5 Å². The summed E-state index contributed by atoms with van der Waals surface area (Å²) in [5.41, 5.74) is 0.475. The third-order valence-electron chi connectivity index (χ3n) is 4.40. The maximum absolute atomic E-state index is 13.1. The fourth-order valence-electron chi connectivity index (χ4n) is 2.96. The summed E-state index contributed by atoms with van der Waals surface area (Å²) in [6.07, 6.45) is 1.14. The lowest BCUT2D eigenvalue weighted by molar-refractivity contribution is -0.120. The van der Waals surface area contributed by atoms with Crippen LogP contribution in [0.15, 0.2) is 51.8 Å². The summed E-state index contributed by atoms with van der Waals surface area (Å²) in [6, 6.07) is 9.79. The van der Waals surface area contributed by atoms with Crippen LogP contribution >= 0.6 is 27.5 Å². The molecule has 1 fully saturated rings. The van der Waals surface area contributed by atoms with Crippen molar-refractivity contribution >= 4 is 49.1 Å². The SMILES string of the molecule is O=C(Nc1ccc(Br)cc1Cl)C1CCCN(S(=O)(=O)c2ccc(F)cc2)C1. The molecule has 2 aromatic carbocycles. The molecule has 0 bridgehead atoms. The van der Waals surface area contributed by atoms with E-state index in [0.717, 1.165) is 16.6 Å². The van der Waals surface area contributed by atoms with Gasteiger partial charge in [-0.2, -0.15) is 4.31 Å². The molecule has 2 aromatic rings. The first-order valence-electron chi connectivity index (χ1n) is 8.29. The molecule has 3 rings (SSSR count). The van der Waals surface area contributed by atoms with Crippen LogP contribution in [0.5, 0.6) is 0 Å². The molecule has 9 heteroatoms. The van der Waals surface area contributed by atoms with Crippen molar-refractivity contribution in [3.05, 3.63) is 57.8 Å². The fourth-order valence-corrected chi connectivity index (χ4v) is 5.20. The molecule has 0 aromatic heterocycles. The van der Waals surface area contributed by atoms with E-state index in [4.69, 9.17) is 11.6 Å². The van der Waals surface area contributed by atoms with Gasteiger partial charge in [0.25, 0.3) is 0 Å².